The molecule has 1 heterocycles. The number of thioether (sulfide) groups is 1. The summed E-state index contributed by atoms with van der Waals surface area (Å²) < 4.78 is 41.0. The third-order valence-electron chi connectivity index (χ3n) is 5.44. The predicted octanol–water partition coefficient (Wildman–Crippen LogP) is 3.71. The Morgan fingerprint density at radius 3 is 2.19 bits per heavy atom. The molecule has 2 aromatic rings. The van der Waals surface area contributed by atoms with Gasteiger partial charge in [-0.05, 0) is 37.6 Å². The molecule has 9 heteroatoms. The van der Waals surface area contributed by atoms with Crippen molar-refractivity contribution in [2.45, 2.75) is 35.8 Å². The lowest BCUT2D eigenvalue weighted by molar-refractivity contribution is -0.130. The summed E-state index contributed by atoms with van der Waals surface area (Å²) in [6.07, 6.45) is 0.189. The van der Waals surface area contributed by atoms with E-state index in [1.165, 1.54) is 0 Å². The minimum atomic E-state index is -3.34. The molecule has 0 aliphatic carbocycles. The Balaban J connectivity index is 1.82. The Labute approximate surface area is 194 Å². The normalized spacial score (nSPS) is 16.3. The summed E-state index contributed by atoms with van der Waals surface area (Å²) in [5.41, 5.74) is 1.62. The van der Waals surface area contributed by atoms with E-state index >= 15 is 0 Å². The van der Waals surface area contributed by atoms with E-state index in [2.05, 4.69) is 0 Å². The maximum atomic E-state index is 13.2. The van der Waals surface area contributed by atoms with Crippen LogP contribution in [0.2, 0.25) is 0 Å². The molecule has 1 unspecified atom stereocenters. The van der Waals surface area contributed by atoms with Crippen LogP contribution in [0.25, 0.3) is 0 Å². The average molecular weight is 480 g/mol. The monoisotopic (exact) mass is 479 g/mol. The minimum absolute atomic E-state index is 0.0312. The molecular weight excluding hydrogens is 450 g/mol. The van der Waals surface area contributed by atoms with E-state index < -0.39 is 15.1 Å². The Hall–Kier alpha value is -2.39. The molecule has 1 aliphatic heterocycles. The van der Waals surface area contributed by atoms with Crippen molar-refractivity contribution in [3.63, 3.8) is 0 Å². The molecule has 7 nitrogen and oxygen atoms in total. The number of amides is 1. The standard InChI is InChI=1S/C23H29NO6S2/c1-15(2)32(26,27)17-8-6-16(7-9-17)12-22(25)24-10-11-31-23(24)18-13-20(29-4)21(30-5)14-19(18)28-3/h6-9,13-15,23H,10-12H2,1-5H3. The van der Waals surface area contributed by atoms with Gasteiger partial charge in [-0.25, -0.2) is 8.42 Å². The van der Waals surface area contributed by atoms with Crippen molar-refractivity contribution in [2.24, 2.45) is 0 Å². The summed E-state index contributed by atoms with van der Waals surface area (Å²) in [5.74, 6) is 2.54. The second kappa shape index (κ2) is 10.0. The molecule has 1 amide bonds. The highest BCUT2D eigenvalue weighted by molar-refractivity contribution is 7.99. The van der Waals surface area contributed by atoms with Gasteiger partial charge in [-0.2, -0.15) is 0 Å². The first-order chi connectivity index (χ1) is 15.2. The van der Waals surface area contributed by atoms with Crippen LogP contribution in [0.4, 0.5) is 0 Å². The average Bonchev–Trinajstić information content (AvgIpc) is 3.28. The van der Waals surface area contributed by atoms with Crippen LogP contribution >= 0.6 is 11.8 Å². The highest BCUT2D eigenvalue weighted by atomic mass is 32.2. The fraction of sp³-hybridized carbons (Fsp3) is 0.435. The molecule has 0 bridgehead atoms. The number of hydrogen-bond donors (Lipinski definition) is 0. The predicted molar refractivity (Wildman–Crippen MR) is 125 cm³/mol. The fourth-order valence-electron chi connectivity index (χ4n) is 3.57. The number of nitrogens with zero attached hydrogens (tertiary/aromatic N) is 1. The molecule has 0 aromatic heterocycles. The summed E-state index contributed by atoms with van der Waals surface area (Å²) in [6, 6.07) is 10.2. The summed E-state index contributed by atoms with van der Waals surface area (Å²) in [7, 11) is 1.38. The van der Waals surface area contributed by atoms with E-state index in [0.29, 0.717) is 23.8 Å². The van der Waals surface area contributed by atoms with Gasteiger partial charge in [0, 0.05) is 23.9 Å². The molecule has 174 valence electrons. The Kier molecular flexibility index (Phi) is 7.61. The molecule has 0 spiro atoms. The number of hydrogen-bond acceptors (Lipinski definition) is 7. The summed E-state index contributed by atoms with van der Waals surface area (Å²) in [4.78, 5) is 15.3. The van der Waals surface area contributed by atoms with Crippen LogP contribution < -0.4 is 14.2 Å². The van der Waals surface area contributed by atoms with Gasteiger partial charge in [-0.15, -0.1) is 11.8 Å². The molecule has 1 saturated heterocycles. The zero-order valence-corrected chi connectivity index (χ0v) is 20.6. The van der Waals surface area contributed by atoms with Crippen molar-refractivity contribution in [2.75, 3.05) is 33.6 Å². The first-order valence-electron chi connectivity index (χ1n) is 10.3. The molecule has 32 heavy (non-hydrogen) atoms. The summed E-state index contributed by atoms with van der Waals surface area (Å²) in [5, 5.41) is -0.702. The first kappa shape index (κ1) is 24.3. The van der Waals surface area contributed by atoms with Gasteiger partial charge in [0.15, 0.2) is 21.3 Å². The maximum absolute atomic E-state index is 13.2. The van der Waals surface area contributed by atoms with E-state index in [9.17, 15) is 13.2 Å². The van der Waals surface area contributed by atoms with E-state index in [1.54, 1.807) is 77.3 Å². The second-order valence-electron chi connectivity index (χ2n) is 7.67. The SMILES string of the molecule is COc1cc(OC)c(C2SCCN2C(=O)Cc2ccc(S(=O)(=O)C(C)C)cc2)cc1OC. The number of rotatable bonds is 8. The summed E-state index contributed by atoms with van der Waals surface area (Å²) in [6.45, 7) is 3.92. The van der Waals surface area contributed by atoms with Crippen molar-refractivity contribution in [1.29, 1.82) is 0 Å². The van der Waals surface area contributed by atoms with Gasteiger partial charge < -0.3 is 19.1 Å². The van der Waals surface area contributed by atoms with E-state index in [0.717, 1.165) is 16.9 Å². The molecular formula is C23H29NO6S2. The largest absolute Gasteiger partial charge is 0.496 e. The van der Waals surface area contributed by atoms with Gasteiger partial charge in [0.25, 0.3) is 0 Å². The van der Waals surface area contributed by atoms with Crippen LogP contribution in [0, 0.1) is 0 Å². The quantitative estimate of drug-likeness (QED) is 0.571. The first-order valence-corrected chi connectivity index (χ1v) is 12.9. The molecule has 1 atom stereocenters. The van der Waals surface area contributed by atoms with Crippen LogP contribution in [0.1, 0.15) is 30.3 Å². The second-order valence-corrected chi connectivity index (χ2v) is 11.4. The number of methoxy groups -OCH3 is 3. The van der Waals surface area contributed by atoms with Crippen molar-refractivity contribution in [3.8, 4) is 17.2 Å². The third kappa shape index (κ3) is 4.83. The van der Waals surface area contributed by atoms with Gasteiger partial charge in [0.05, 0.1) is 37.9 Å². The van der Waals surface area contributed by atoms with Gasteiger partial charge >= 0.3 is 0 Å². The zero-order valence-electron chi connectivity index (χ0n) is 19.0. The van der Waals surface area contributed by atoms with Crippen LogP contribution in [0.3, 0.4) is 0 Å². The zero-order chi connectivity index (χ0) is 23.5. The molecule has 0 radical (unpaired) electrons. The molecule has 0 N–H and O–H groups in total. The van der Waals surface area contributed by atoms with E-state index in [1.807, 2.05) is 11.0 Å². The molecule has 1 fully saturated rings. The number of ether oxygens (including phenoxy) is 3. The van der Waals surface area contributed by atoms with Gasteiger partial charge in [0.1, 0.15) is 11.1 Å². The Morgan fingerprint density at radius 1 is 1.03 bits per heavy atom. The van der Waals surface area contributed by atoms with Gasteiger partial charge in [-0.3, -0.25) is 4.79 Å². The number of sulfone groups is 1. The number of carbonyl (C=O) groups is 1. The summed E-state index contributed by atoms with van der Waals surface area (Å²) >= 11 is 1.66. The van der Waals surface area contributed by atoms with Gasteiger partial charge in [-0.1, -0.05) is 12.1 Å². The lowest BCUT2D eigenvalue weighted by atomic mass is 10.1. The Bertz CT molecular complexity index is 1070. The third-order valence-corrected chi connectivity index (χ3v) is 8.85. The topological polar surface area (TPSA) is 82.1 Å². The minimum Gasteiger partial charge on any atom is -0.496 e. The van der Waals surface area contributed by atoms with Crippen LogP contribution in [-0.2, 0) is 21.1 Å². The number of carbonyl (C=O) groups excluding carboxylic acids is 1. The molecule has 0 saturated carbocycles. The van der Waals surface area contributed by atoms with Crippen LogP contribution in [0.5, 0.6) is 17.2 Å². The van der Waals surface area contributed by atoms with Crippen LogP contribution in [-0.4, -0.2) is 58.1 Å². The maximum Gasteiger partial charge on any atom is 0.228 e. The number of benzene rings is 2. The van der Waals surface area contributed by atoms with Crippen LogP contribution in [0.15, 0.2) is 41.3 Å². The van der Waals surface area contributed by atoms with Gasteiger partial charge in [0.2, 0.25) is 5.91 Å². The highest BCUT2D eigenvalue weighted by Gasteiger charge is 2.33. The van der Waals surface area contributed by atoms with E-state index in [4.69, 9.17) is 14.2 Å². The molecule has 2 aromatic carbocycles. The smallest absolute Gasteiger partial charge is 0.228 e. The van der Waals surface area contributed by atoms with Crippen molar-refractivity contribution in [3.05, 3.63) is 47.5 Å². The highest BCUT2D eigenvalue weighted by Crippen LogP contribution is 2.46. The van der Waals surface area contributed by atoms with E-state index in [-0.39, 0.29) is 22.6 Å². The lowest BCUT2D eigenvalue weighted by Gasteiger charge is -2.26. The lowest BCUT2D eigenvalue weighted by Crippen LogP contribution is -2.32. The Morgan fingerprint density at radius 2 is 1.62 bits per heavy atom. The molecule has 1 aliphatic rings. The van der Waals surface area contributed by atoms with Crippen molar-refractivity contribution in [1.82, 2.24) is 4.90 Å². The van der Waals surface area contributed by atoms with Crippen molar-refractivity contribution < 1.29 is 27.4 Å². The van der Waals surface area contributed by atoms with Crippen molar-refractivity contribution >= 4 is 27.5 Å². The molecule has 3 rings (SSSR count). The fourth-order valence-corrected chi connectivity index (χ4v) is 5.93.